The number of carbonyl (C=O) groups is 1. The van der Waals surface area contributed by atoms with Crippen molar-refractivity contribution in [2.45, 2.75) is 38.8 Å². The predicted molar refractivity (Wildman–Crippen MR) is 136 cm³/mol. The molecule has 5 rings (SSSR count). The van der Waals surface area contributed by atoms with Crippen molar-refractivity contribution in [1.29, 1.82) is 0 Å². The van der Waals surface area contributed by atoms with Gasteiger partial charge in [-0.05, 0) is 67.8 Å². The smallest absolute Gasteiger partial charge is 0.584 e. The fourth-order valence-electron chi connectivity index (χ4n) is 4.48. The molecule has 0 N–H and O–H groups in total. The number of halogens is 4. The first kappa shape index (κ1) is 29.8. The van der Waals surface area contributed by atoms with Crippen LogP contribution in [-0.4, -0.2) is 28.5 Å². The van der Waals surface area contributed by atoms with Gasteiger partial charge in [0.05, 0.1) is 11.2 Å². The van der Waals surface area contributed by atoms with Gasteiger partial charge in [-0.3, -0.25) is 4.79 Å². The first-order chi connectivity index (χ1) is 18.4. The van der Waals surface area contributed by atoms with Crippen LogP contribution in [0.5, 0.6) is 17.2 Å². The molecule has 0 radical (unpaired) electrons. The maximum atomic E-state index is 12.9. The zero-order valence-corrected chi connectivity index (χ0v) is 24.5. The summed E-state index contributed by atoms with van der Waals surface area (Å²) in [4.78, 5) is 15.3. The molecule has 0 bridgehead atoms. The summed E-state index contributed by atoms with van der Waals surface area (Å²) in [7, 11) is 0. The van der Waals surface area contributed by atoms with Gasteiger partial charge in [0, 0.05) is 23.0 Å². The van der Waals surface area contributed by atoms with Crippen LogP contribution in [0.2, 0.25) is 5.02 Å². The molecule has 1 amide bonds. The molecular formula is C28H21ClF3N2NaO5. The van der Waals surface area contributed by atoms with E-state index in [1.165, 1.54) is 25.1 Å². The van der Waals surface area contributed by atoms with Gasteiger partial charge < -0.3 is 23.9 Å². The first-order valence-corrected chi connectivity index (χ1v) is 12.2. The molecule has 1 aliphatic rings. The number of nitrogens with zero attached hydrogens (tertiary/aromatic N) is 2. The number of benzene rings is 3. The third kappa shape index (κ3) is 6.41. The molecule has 0 saturated heterocycles. The topological polar surface area (TPSA) is 85.1 Å². The third-order valence-corrected chi connectivity index (χ3v) is 6.62. The standard InChI is InChI=1S/C28H22ClF3N2O5.Na/c1-16-24(37-20-9-7-19(29)8-10-20)22-12-11-21(38-28(30,31)32)13-23(22)34(16)15-18-5-3-17(4-6-18)14-27(2)25(35)33-26(36)39-27;/h3-13H,14-15H2,1-2H3,(H,33,35,36);/q;+1/p-1/t27-;/m1./s1. The fraction of sp³-hybridized carbons (Fsp3) is 0.214. The van der Waals surface area contributed by atoms with Crippen molar-refractivity contribution >= 4 is 34.5 Å². The van der Waals surface area contributed by atoms with E-state index >= 15 is 0 Å². The largest absolute Gasteiger partial charge is 1.00 e. The number of aliphatic imine (C=N–C) groups is 1. The maximum absolute atomic E-state index is 12.9. The van der Waals surface area contributed by atoms with Crippen molar-refractivity contribution in [3.05, 3.63) is 88.6 Å². The Kier molecular flexibility index (Phi) is 8.46. The van der Waals surface area contributed by atoms with Crippen LogP contribution in [0.4, 0.5) is 13.2 Å². The average Bonchev–Trinajstić information content (AvgIpc) is 3.26. The van der Waals surface area contributed by atoms with E-state index < -0.39 is 24.0 Å². The second-order valence-electron chi connectivity index (χ2n) is 9.29. The van der Waals surface area contributed by atoms with E-state index in [-0.39, 0.29) is 41.7 Å². The van der Waals surface area contributed by atoms with E-state index in [1.54, 1.807) is 36.4 Å². The van der Waals surface area contributed by atoms with Gasteiger partial charge in [0.2, 0.25) is 0 Å². The Balaban J connectivity index is 0.00000370. The SMILES string of the molecule is Cc1c(Oc2ccc(Cl)cc2)c2ccc(OC(F)(F)F)cc2n1Cc1ccc(C[C@@]2(C)OC([O-])=NC2=O)cc1.[Na+]. The summed E-state index contributed by atoms with van der Waals surface area (Å²) in [5.41, 5.74) is 1.41. The van der Waals surface area contributed by atoms with Crippen LogP contribution in [-0.2, 0) is 22.5 Å². The molecule has 12 heteroatoms. The Morgan fingerprint density at radius 1 is 1.02 bits per heavy atom. The van der Waals surface area contributed by atoms with Gasteiger partial charge >= 0.3 is 35.9 Å². The molecule has 4 aromatic rings. The van der Waals surface area contributed by atoms with Crippen molar-refractivity contribution < 1.29 is 66.8 Å². The Labute approximate surface area is 254 Å². The second-order valence-corrected chi connectivity index (χ2v) is 9.73. The molecule has 1 aliphatic heterocycles. The van der Waals surface area contributed by atoms with E-state index in [4.69, 9.17) is 21.1 Å². The number of carbonyl (C=O) groups excluding carboxylic acids is 1. The van der Waals surface area contributed by atoms with Crippen molar-refractivity contribution in [3.63, 3.8) is 0 Å². The number of rotatable bonds is 7. The Bertz CT molecular complexity index is 1590. The summed E-state index contributed by atoms with van der Waals surface area (Å²) in [6.07, 6.45) is -5.58. The first-order valence-electron chi connectivity index (χ1n) is 11.8. The van der Waals surface area contributed by atoms with Crippen LogP contribution in [0.3, 0.4) is 0 Å². The Hall–Kier alpha value is -3.18. The minimum Gasteiger partial charge on any atom is -0.584 e. The Morgan fingerprint density at radius 2 is 1.65 bits per heavy atom. The molecule has 0 fully saturated rings. The maximum Gasteiger partial charge on any atom is 1.00 e. The van der Waals surface area contributed by atoms with Crippen LogP contribution in [0.1, 0.15) is 23.7 Å². The number of ether oxygens (including phenoxy) is 3. The van der Waals surface area contributed by atoms with E-state index in [1.807, 2.05) is 23.6 Å². The van der Waals surface area contributed by atoms with Crippen molar-refractivity contribution in [2.75, 3.05) is 0 Å². The summed E-state index contributed by atoms with van der Waals surface area (Å²) in [6.45, 7) is 3.63. The van der Waals surface area contributed by atoms with E-state index in [0.29, 0.717) is 39.7 Å². The zero-order valence-electron chi connectivity index (χ0n) is 21.7. The third-order valence-electron chi connectivity index (χ3n) is 6.37. The zero-order chi connectivity index (χ0) is 27.9. The number of hydrogen-bond acceptors (Lipinski definition) is 5. The van der Waals surface area contributed by atoms with Gasteiger partial charge in [0.25, 0.3) is 5.91 Å². The van der Waals surface area contributed by atoms with Crippen LogP contribution >= 0.6 is 11.6 Å². The Morgan fingerprint density at radius 3 is 2.25 bits per heavy atom. The molecule has 0 saturated carbocycles. The summed E-state index contributed by atoms with van der Waals surface area (Å²) < 4.78 is 56.0. The summed E-state index contributed by atoms with van der Waals surface area (Å²) in [5.74, 6) is 0.0253. The van der Waals surface area contributed by atoms with Gasteiger partial charge in [-0.15, -0.1) is 13.2 Å². The second kappa shape index (κ2) is 11.4. The number of hydrogen-bond donors (Lipinski definition) is 0. The molecule has 1 atom stereocenters. The molecular weight excluding hydrogens is 560 g/mol. The molecule has 1 aromatic heterocycles. The van der Waals surface area contributed by atoms with E-state index in [9.17, 15) is 23.1 Å². The van der Waals surface area contributed by atoms with E-state index in [0.717, 1.165) is 11.1 Å². The molecule has 0 aliphatic carbocycles. The average molecular weight is 581 g/mol. The van der Waals surface area contributed by atoms with Crippen LogP contribution < -0.4 is 44.1 Å². The van der Waals surface area contributed by atoms with Gasteiger partial charge in [-0.1, -0.05) is 35.9 Å². The monoisotopic (exact) mass is 580 g/mol. The van der Waals surface area contributed by atoms with Crippen molar-refractivity contribution in [2.24, 2.45) is 4.99 Å². The molecule has 2 heterocycles. The minimum absolute atomic E-state index is 0. The molecule has 7 nitrogen and oxygen atoms in total. The van der Waals surface area contributed by atoms with Crippen LogP contribution in [0.15, 0.2) is 71.7 Å². The summed E-state index contributed by atoms with van der Waals surface area (Å²) >= 11 is 5.98. The molecule has 202 valence electrons. The minimum atomic E-state index is -4.84. The van der Waals surface area contributed by atoms with Gasteiger partial charge in [-0.2, -0.15) is 4.99 Å². The van der Waals surface area contributed by atoms with Crippen LogP contribution in [0.25, 0.3) is 10.9 Å². The molecule has 0 unspecified atom stereocenters. The number of amides is 1. The number of fused-ring (bicyclic) bond motifs is 1. The van der Waals surface area contributed by atoms with Gasteiger partial charge in [-0.25, -0.2) is 0 Å². The normalized spacial score (nSPS) is 16.9. The molecule has 3 aromatic carbocycles. The van der Waals surface area contributed by atoms with Crippen molar-refractivity contribution in [3.8, 4) is 17.2 Å². The quantitative estimate of drug-likeness (QED) is 0.314. The fourth-order valence-corrected chi connectivity index (χ4v) is 4.61. The van der Waals surface area contributed by atoms with Gasteiger partial charge in [0.15, 0.2) is 11.8 Å². The van der Waals surface area contributed by atoms with Gasteiger partial charge in [0.1, 0.15) is 17.1 Å². The summed E-state index contributed by atoms with van der Waals surface area (Å²) in [5, 5.41) is 12.5. The number of alkyl halides is 3. The molecule has 0 spiro atoms. The summed E-state index contributed by atoms with van der Waals surface area (Å²) in [6, 6.07) is 18.1. The number of aromatic nitrogens is 1. The van der Waals surface area contributed by atoms with E-state index in [2.05, 4.69) is 9.73 Å². The van der Waals surface area contributed by atoms with Crippen LogP contribution in [0, 0.1) is 6.92 Å². The predicted octanol–water partition coefficient (Wildman–Crippen LogP) is 2.92. The molecule has 40 heavy (non-hydrogen) atoms. The van der Waals surface area contributed by atoms with Crippen molar-refractivity contribution in [1.82, 2.24) is 4.57 Å².